The van der Waals surface area contributed by atoms with Crippen molar-refractivity contribution in [2.75, 3.05) is 0 Å². The van der Waals surface area contributed by atoms with E-state index in [2.05, 4.69) is 35.8 Å². The molecule has 3 rings (SSSR count). The Bertz CT molecular complexity index is 625. The summed E-state index contributed by atoms with van der Waals surface area (Å²) in [7, 11) is 0. The summed E-state index contributed by atoms with van der Waals surface area (Å²) in [6, 6.07) is 8.76. The fourth-order valence-corrected chi connectivity index (χ4v) is 3.91. The van der Waals surface area contributed by atoms with Crippen LogP contribution in [-0.2, 0) is 25.8 Å². The van der Waals surface area contributed by atoms with Gasteiger partial charge in [-0.15, -0.1) is 28.3 Å². The number of nitrogens with one attached hydrogen (secondary N) is 1. The van der Waals surface area contributed by atoms with Gasteiger partial charge in [0.15, 0.2) is 4.80 Å². The Morgan fingerprint density at radius 1 is 1.15 bits per heavy atom. The highest BCUT2D eigenvalue weighted by Crippen LogP contribution is 2.23. The molecule has 0 spiro atoms. The molecule has 0 radical (unpaired) electrons. The summed E-state index contributed by atoms with van der Waals surface area (Å²) in [5.74, 6) is 0. The van der Waals surface area contributed by atoms with Crippen molar-refractivity contribution in [3.05, 3.63) is 50.8 Å². The minimum absolute atomic E-state index is 0. The molecule has 0 amide bonds. The number of hydrogen-bond donors (Lipinski definition) is 1. The second kappa shape index (κ2) is 6.72. The van der Waals surface area contributed by atoms with Crippen LogP contribution in [0.3, 0.4) is 0 Å². The molecule has 108 valence electrons. The standard InChI is InChI=1S/C16H20N2S.BrH/c1-12-6-8-13(9-7-12)10-11-18-14-4-2-3-5-15(14)19-16(18)17;/h6-9,17H,2-5,10-11H2,1H3;1H. The monoisotopic (exact) mass is 352 g/mol. The highest BCUT2D eigenvalue weighted by molar-refractivity contribution is 8.93. The molecule has 1 aliphatic rings. The molecule has 0 atom stereocenters. The molecule has 0 aliphatic heterocycles. The molecule has 2 aromatic rings. The van der Waals surface area contributed by atoms with Crippen LogP contribution < -0.4 is 4.80 Å². The van der Waals surface area contributed by atoms with Crippen molar-refractivity contribution in [1.29, 1.82) is 5.41 Å². The second-order valence-electron chi connectivity index (χ2n) is 5.37. The number of fused-ring (bicyclic) bond motifs is 1. The Hall–Kier alpha value is -0.870. The van der Waals surface area contributed by atoms with Crippen LogP contribution in [0, 0.1) is 12.3 Å². The van der Waals surface area contributed by atoms with Crippen molar-refractivity contribution >= 4 is 28.3 Å². The van der Waals surface area contributed by atoms with Crippen molar-refractivity contribution in [2.45, 2.75) is 45.6 Å². The average molecular weight is 353 g/mol. The summed E-state index contributed by atoms with van der Waals surface area (Å²) in [6.45, 7) is 3.07. The van der Waals surface area contributed by atoms with E-state index in [9.17, 15) is 0 Å². The molecule has 0 saturated heterocycles. The SMILES string of the molecule is Br.Cc1ccc(CCn2c3c(sc2=N)CCCC3)cc1. The van der Waals surface area contributed by atoms with E-state index in [1.807, 2.05) is 0 Å². The molecule has 0 fully saturated rings. The molecule has 4 heteroatoms. The lowest BCUT2D eigenvalue weighted by Gasteiger charge is -2.14. The molecule has 0 unspecified atom stereocenters. The molecule has 0 bridgehead atoms. The number of halogens is 1. The Labute approximate surface area is 134 Å². The Kier molecular flexibility index (Phi) is 5.22. The van der Waals surface area contributed by atoms with E-state index in [0.717, 1.165) is 17.8 Å². The number of hydrogen-bond acceptors (Lipinski definition) is 2. The van der Waals surface area contributed by atoms with E-state index in [4.69, 9.17) is 5.41 Å². The van der Waals surface area contributed by atoms with Crippen LogP contribution in [0.4, 0.5) is 0 Å². The first kappa shape index (κ1) is 15.5. The highest BCUT2D eigenvalue weighted by atomic mass is 79.9. The number of nitrogens with zero attached hydrogens (tertiary/aromatic N) is 1. The summed E-state index contributed by atoms with van der Waals surface area (Å²) in [5.41, 5.74) is 4.12. The van der Waals surface area contributed by atoms with Crippen molar-refractivity contribution < 1.29 is 0 Å². The zero-order valence-electron chi connectivity index (χ0n) is 11.8. The first-order chi connectivity index (χ1) is 9.24. The highest BCUT2D eigenvalue weighted by Gasteiger charge is 2.16. The Morgan fingerprint density at radius 3 is 2.60 bits per heavy atom. The quantitative estimate of drug-likeness (QED) is 0.863. The lowest BCUT2D eigenvalue weighted by atomic mass is 10.0. The van der Waals surface area contributed by atoms with Gasteiger partial charge >= 0.3 is 0 Å². The number of aromatic nitrogens is 1. The van der Waals surface area contributed by atoms with E-state index in [1.54, 1.807) is 11.3 Å². The summed E-state index contributed by atoms with van der Waals surface area (Å²) in [4.78, 5) is 2.19. The van der Waals surface area contributed by atoms with Gasteiger partial charge in [-0.1, -0.05) is 29.8 Å². The zero-order valence-corrected chi connectivity index (χ0v) is 14.3. The van der Waals surface area contributed by atoms with Gasteiger partial charge in [0.1, 0.15) is 0 Å². The van der Waals surface area contributed by atoms with Crippen LogP contribution in [0.2, 0.25) is 0 Å². The van der Waals surface area contributed by atoms with Crippen molar-refractivity contribution in [2.24, 2.45) is 0 Å². The third kappa shape index (κ3) is 3.23. The maximum atomic E-state index is 8.15. The van der Waals surface area contributed by atoms with Gasteiger partial charge in [0.05, 0.1) is 0 Å². The molecule has 1 aromatic carbocycles. The van der Waals surface area contributed by atoms with Gasteiger partial charge in [-0.3, -0.25) is 5.41 Å². The van der Waals surface area contributed by atoms with Crippen LogP contribution in [0.1, 0.15) is 34.5 Å². The molecule has 1 aliphatic carbocycles. The molecule has 20 heavy (non-hydrogen) atoms. The van der Waals surface area contributed by atoms with Gasteiger partial charge in [0.2, 0.25) is 0 Å². The summed E-state index contributed by atoms with van der Waals surface area (Å²) < 4.78 is 2.24. The lowest BCUT2D eigenvalue weighted by Crippen LogP contribution is -2.18. The predicted molar refractivity (Wildman–Crippen MR) is 90.0 cm³/mol. The molecular formula is C16H21BrN2S. The van der Waals surface area contributed by atoms with Gasteiger partial charge in [-0.05, 0) is 44.6 Å². The topological polar surface area (TPSA) is 28.8 Å². The second-order valence-corrected chi connectivity index (χ2v) is 6.46. The van der Waals surface area contributed by atoms with Crippen molar-refractivity contribution in [3.8, 4) is 0 Å². The number of benzene rings is 1. The summed E-state index contributed by atoms with van der Waals surface area (Å²) in [5, 5.41) is 8.15. The smallest absolute Gasteiger partial charge is 0.182 e. The third-order valence-electron chi connectivity index (χ3n) is 3.92. The molecule has 2 nitrogen and oxygen atoms in total. The maximum absolute atomic E-state index is 8.15. The van der Waals surface area contributed by atoms with Gasteiger partial charge in [-0.25, -0.2) is 0 Å². The lowest BCUT2D eigenvalue weighted by molar-refractivity contribution is 0.587. The van der Waals surface area contributed by atoms with Gasteiger partial charge in [-0.2, -0.15) is 0 Å². The molecule has 1 heterocycles. The summed E-state index contributed by atoms with van der Waals surface area (Å²) >= 11 is 1.68. The predicted octanol–water partition coefficient (Wildman–Crippen LogP) is 4.04. The van der Waals surface area contributed by atoms with Crippen LogP contribution in [0.25, 0.3) is 0 Å². The van der Waals surface area contributed by atoms with Crippen LogP contribution in [0.5, 0.6) is 0 Å². The summed E-state index contributed by atoms with van der Waals surface area (Å²) in [6.07, 6.45) is 5.96. The van der Waals surface area contributed by atoms with Gasteiger partial charge in [0.25, 0.3) is 0 Å². The number of rotatable bonds is 3. The Balaban J connectivity index is 0.00000147. The van der Waals surface area contributed by atoms with E-state index < -0.39 is 0 Å². The normalized spacial score (nSPS) is 13.7. The van der Waals surface area contributed by atoms with Crippen molar-refractivity contribution in [3.63, 3.8) is 0 Å². The van der Waals surface area contributed by atoms with Gasteiger partial charge < -0.3 is 4.57 Å². The van der Waals surface area contributed by atoms with Crippen molar-refractivity contribution in [1.82, 2.24) is 4.57 Å². The first-order valence-corrected chi connectivity index (χ1v) is 7.87. The fraction of sp³-hybridized carbons (Fsp3) is 0.438. The van der Waals surface area contributed by atoms with Crippen LogP contribution in [-0.4, -0.2) is 4.57 Å². The van der Waals surface area contributed by atoms with E-state index >= 15 is 0 Å². The number of thiazole rings is 1. The third-order valence-corrected chi connectivity index (χ3v) is 5.02. The van der Waals surface area contributed by atoms with Crippen LogP contribution in [0.15, 0.2) is 24.3 Å². The van der Waals surface area contributed by atoms with E-state index in [1.165, 1.54) is 47.4 Å². The van der Waals surface area contributed by atoms with E-state index in [0.29, 0.717) is 0 Å². The van der Waals surface area contributed by atoms with E-state index in [-0.39, 0.29) is 17.0 Å². The molecular weight excluding hydrogens is 332 g/mol. The first-order valence-electron chi connectivity index (χ1n) is 7.05. The molecule has 1 N–H and O–H groups in total. The number of aryl methyl sites for hydroxylation is 3. The molecule has 1 aromatic heterocycles. The average Bonchev–Trinajstić information content (AvgIpc) is 2.74. The van der Waals surface area contributed by atoms with Gasteiger partial charge in [0, 0.05) is 17.1 Å². The zero-order chi connectivity index (χ0) is 13.2. The fourth-order valence-electron chi connectivity index (χ4n) is 2.78. The minimum atomic E-state index is 0. The largest absolute Gasteiger partial charge is 0.321 e. The minimum Gasteiger partial charge on any atom is -0.321 e. The Morgan fingerprint density at radius 2 is 1.85 bits per heavy atom. The van der Waals surface area contributed by atoms with Crippen LogP contribution >= 0.6 is 28.3 Å². The molecule has 0 saturated carbocycles. The maximum Gasteiger partial charge on any atom is 0.182 e.